The summed E-state index contributed by atoms with van der Waals surface area (Å²) in [6.45, 7) is 12.3. The lowest BCUT2D eigenvalue weighted by Gasteiger charge is -2.23. The maximum atomic E-state index is 10.3. The van der Waals surface area contributed by atoms with Crippen LogP contribution in [0.4, 0.5) is 0 Å². The SMILES string of the molecule is CCCCN(CCCC)Cc1cc(CCCCCCC(C)C)ccc1O. The van der Waals surface area contributed by atoms with E-state index in [-0.39, 0.29) is 0 Å². The highest BCUT2D eigenvalue weighted by Gasteiger charge is 2.09. The number of phenols is 1. The Morgan fingerprint density at radius 2 is 1.54 bits per heavy atom. The van der Waals surface area contributed by atoms with Crippen molar-refractivity contribution in [2.45, 2.75) is 98.4 Å². The van der Waals surface area contributed by atoms with Gasteiger partial charge >= 0.3 is 0 Å². The first-order chi connectivity index (χ1) is 12.6. The number of hydrogen-bond acceptors (Lipinski definition) is 2. The van der Waals surface area contributed by atoms with E-state index in [4.69, 9.17) is 0 Å². The molecule has 0 atom stereocenters. The number of aromatic hydroxyl groups is 1. The zero-order chi connectivity index (χ0) is 19.2. The molecule has 0 amide bonds. The Kier molecular flexibility index (Phi) is 12.5. The molecule has 0 radical (unpaired) electrons. The average Bonchev–Trinajstić information content (AvgIpc) is 2.62. The van der Waals surface area contributed by atoms with Crippen LogP contribution in [0.5, 0.6) is 5.75 Å². The van der Waals surface area contributed by atoms with E-state index in [0.29, 0.717) is 5.75 Å². The van der Waals surface area contributed by atoms with Crippen molar-refractivity contribution in [3.63, 3.8) is 0 Å². The van der Waals surface area contributed by atoms with Crippen LogP contribution >= 0.6 is 0 Å². The minimum atomic E-state index is 0.462. The van der Waals surface area contributed by atoms with E-state index in [2.05, 4.69) is 44.7 Å². The van der Waals surface area contributed by atoms with Crippen molar-refractivity contribution in [1.82, 2.24) is 4.90 Å². The molecule has 1 aromatic rings. The van der Waals surface area contributed by atoms with E-state index in [0.717, 1.165) is 37.5 Å². The van der Waals surface area contributed by atoms with E-state index in [1.807, 2.05) is 6.07 Å². The maximum Gasteiger partial charge on any atom is 0.120 e. The summed E-state index contributed by atoms with van der Waals surface area (Å²) in [4.78, 5) is 2.51. The van der Waals surface area contributed by atoms with Crippen LogP contribution in [-0.4, -0.2) is 23.1 Å². The van der Waals surface area contributed by atoms with E-state index in [9.17, 15) is 5.11 Å². The molecule has 0 saturated heterocycles. The first kappa shape index (κ1) is 23.0. The Morgan fingerprint density at radius 3 is 2.15 bits per heavy atom. The molecule has 0 unspecified atom stereocenters. The van der Waals surface area contributed by atoms with Crippen LogP contribution in [0.3, 0.4) is 0 Å². The van der Waals surface area contributed by atoms with Gasteiger partial charge in [-0.3, -0.25) is 4.90 Å². The summed E-state index contributed by atoms with van der Waals surface area (Å²) in [6, 6.07) is 6.25. The van der Waals surface area contributed by atoms with Gasteiger partial charge in [0.15, 0.2) is 0 Å². The first-order valence-electron chi connectivity index (χ1n) is 11.1. The fourth-order valence-corrected chi connectivity index (χ4v) is 3.43. The number of rotatable bonds is 15. The topological polar surface area (TPSA) is 23.5 Å². The second-order valence-corrected chi connectivity index (χ2v) is 8.29. The van der Waals surface area contributed by atoms with Gasteiger partial charge in [-0.25, -0.2) is 0 Å². The highest BCUT2D eigenvalue weighted by Crippen LogP contribution is 2.22. The second-order valence-electron chi connectivity index (χ2n) is 8.29. The molecule has 150 valence electrons. The second kappa shape index (κ2) is 14.1. The molecule has 2 heteroatoms. The van der Waals surface area contributed by atoms with Crippen LogP contribution < -0.4 is 0 Å². The van der Waals surface area contributed by atoms with Gasteiger partial charge in [-0.15, -0.1) is 0 Å². The number of unbranched alkanes of at least 4 members (excludes halogenated alkanes) is 5. The predicted molar refractivity (Wildman–Crippen MR) is 115 cm³/mol. The lowest BCUT2D eigenvalue weighted by molar-refractivity contribution is 0.253. The monoisotopic (exact) mass is 361 g/mol. The third-order valence-corrected chi connectivity index (χ3v) is 5.19. The van der Waals surface area contributed by atoms with Gasteiger partial charge in [0.2, 0.25) is 0 Å². The van der Waals surface area contributed by atoms with Crippen molar-refractivity contribution >= 4 is 0 Å². The summed E-state index contributed by atoms with van der Waals surface area (Å²) < 4.78 is 0. The van der Waals surface area contributed by atoms with Gasteiger partial charge in [0, 0.05) is 12.1 Å². The predicted octanol–water partition coefficient (Wildman–Crippen LogP) is 6.94. The fraction of sp³-hybridized carbons (Fsp3) is 0.750. The molecule has 2 nitrogen and oxygen atoms in total. The zero-order valence-electron chi connectivity index (χ0n) is 17.9. The van der Waals surface area contributed by atoms with E-state index in [1.165, 1.54) is 63.4 Å². The van der Waals surface area contributed by atoms with Crippen molar-refractivity contribution in [2.24, 2.45) is 5.92 Å². The third kappa shape index (κ3) is 10.2. The van der Waals surface area contributed by atoms with Gasteiger partial charge in [-0.1, -0.05) is 78.4 Å². The van der Waals surface area contributed by atoms with Crippen LogP contribution in [0.1, 0.15) is 96.6 Å². The molecule has 1 rings (SSSR count). The Balaban J connectivity index is 2.50. The minimum Gasteiger partial charge on any atom is -0.508 e. The van der Waals surface area contributed by atoms with Crippen molar-refractivity contribution in [3.8, 4) is 5.75 Å². The molecule has 0 bridgehead atoms. The molecule has 0 aliphatic heterocycles. The van der Waals surface area contributed by atoms with Crippen molar-refractivity contribution < 1.29 is 5.11 Å². The summed E-state index contributed by atoms with van der Waals surface area (Å²) >= 11 is 0. The van der Waals surface area contributed by atoms with Gasteiger partial charge in [0.05, 0.1) is 0 Å². The molecular formula is C24H43NO. The molecule has 26 heavy (non-hydrogen) atoms. The molecule has 0 aliphatic carbocycles. The Morgan fingerprint density at radius 1 is 0.885 bits per heavy atom. The van der Waals surface area contributed by atoms with Gasteiger partial charge in [0.1, 0.15) is 5.75 Å². The molecule has 0 aliphatic rings. The largest absolute Gasteiger partial charge is 0.508 e. The highest BCUT2D eigenvalue weighted by atomic mass is 16.3. The lowest BCUT2D eigenvalue weighted by Crippen LogP contribution is -2.25. The lowest BCUT2D eigenvalue weighted by atomic mass is 10.0. The van der Waals surface area contributed by atoms with Crippen molar-refractivity contribution in [1.29, 1.82) is 0 Å². The summed E-state index contributed by atoms with van der Waals surface area (Å²) in [7, 11) is 0. The van der Waals surface area contributed by atoms with Crippen LogP contribution in [-0.2, 0) is 13.0 Å². The number of hydrogen-bond donors (Lipinski definition) is 1. The first-order valence-corrected chi connectivity index (χ1v) is 11.1. The van der Waals surface area contributed by atoms with E-state index < -0.39 is 0 Å². The summed E-state index contributed by atoms with van der Waals surface area (Å²) in [5.74, 6) is 1.29. The zero-order valence-corrected chi connectivity index (χ0v) is 17.9. The summed E-state index contributed by atoms with van der Waals surface area (Å²) in [5.41, 5.74) is 2.49. The van der Waals surface area contributed by atoms with Crippen molar-refractivity contribution in [2.75, 3.05) is 13.1 Å². The third-order valence-electron chi connectivity index (χ3n) is 5.19. The Hall–Kier alpha value is -1.02. The van der Waals surface area contributed by atoms with Crippen LogP contribution in [0.15, 0.2) is 18.2 Å². The fourth-order valence-electron chi connectivity index (χ4n) is 3.43. The quantitative estimate of drug-likeness (QED) is 0.342. The number of nitrogens with zero attached hydrogens (tertiary/aromatic N) is 1. The Bertz CT molecular complexity index is 461. The normalized spacial score (nSPS) is 11.6. The summed E-state index contributed by atoms with van der Waals surface area (Å²) in [5, 5.41) is 10.3. The minimum absolute atomic E-state index is 0.462. The van der Waals surface area contributed by atoms with Crippen LogP contribution in [0, 0.1) is 5.92 Å². The van der Waals surface area contributed by atoms with Crippen molar-refractivity contribution in [3.05, 3.63) is 29.3 Å². The number of phenolic OH excluding ortho intramolecular Hbond substituents is 1. The molecular weight excluding hydrogens is 318 g/mol. The van der Waals surface area contributed by atoms with Gasteiger partial charge in [0.25, 0.3) is 0 Å². The molecule has 0 fully saturated rings. The highest BCUT2D eigenvalue weighted by molar-refractivity contribution is 5.36. The number of benzene rings is 1. The average molecular weight is 362 g/mol. The standard InChI is InChI=1S/C24H43NO/c1-5-7-17-25(18-8-6-2)20-23-19-22(15-16-24(23)26)14-12-10-9-11-13-21(3)4/h15-16,19,21,26H,5-14,17-18,20H2,1-4H3. The summed E-state index contributed by atoms with van der Waals surface area (Å²) in [6.07, 6.45) is 12.7. The van der Waals surface area contributed by atoms with Crippen LogP contribution in [0.2, 0.25) is 0 Å². The molecule has 0 saturated carbocycles. The van der Waals surface area contributed by atoms with Crippen LogP contribution in [0.25, 0.3) is 0 Å². The molecule has 0 aromatic heterocycles. The van der Waals surface area contributed by atoms with E-state index >= 15 is 0 Å². The van der Waals surface area contributed by atoms with E-state index in [1.54, 1.807) is 0 Å². The molecule has 1 aromatic carbocycles. The van der Waals surface area contributed by atoms with Gasteiger partial charge in [-0.2, -0.15) is 0 Å². The Labute approximate surface area is 163 Å². The number of aryl methyl sites for hydroxylation is 1. The molecule has 0 heterocycles. The maximum absolute atomic E-state index is 10.3. The van der Waals surface area contributed by atoms with Gasteiger partial charge in [-0.05, 0) is 56.3 Å². The molecule has 1 N–H and O–H groups in total. The smallest absolute Gasteiger partial charge is 0.120 e. The molecule has 0 spiro atoms. The van der Waals surface area contributed by atoms with Gasteiger partial charge < -0.3 is 5.11 Å².